The molecule has 0 aliphatic carbocycles. The van der Waals surface area contributed by atoms with Crippen LogP contribution in [-0.2, 0) is 14.2 Å². The van der Waals surface area contributed by atoms with E-state index in [1.165, 1.54) is 0 Å². The summed E-state index contributed by atoms with van der Waals surface area (Å²) in [5, 5.41) is 0. The third-order valence-corrected chi connectivity index (χ3v) is 2.35. The summed E-state index contributed by atoms with van der Waals surface area (Å²) < 4.78 is 71.7. The second-order valence-electron chi connectivity index (χ2n) is 3.86. The van der Waals surface area contributed by atoms with Gasteiger partial charge in [-0.2, -0.15) is 8.78 Å². The summed E-state index contributed by atoms with van der Waals surface area (Å²) in [5.74, 6) is -7.27. The topological polar surface area (TPSA) is 36.9 Å². The quantitative estimate of drug-likeness (QED) is 0.377. The van der Waals surface area contributed by atoms with Crippen LogP contribution in [0.5, 0.6) is 5.75 Å². The second-order valence-corrected chi connectivity index (χ2v) is 3.86. The van der Waals surface area contributed by atoms with Gasteiger partial charge in [0.15, 0.2) is 17.4 Å². The molecule has 0 unspecified atom stereocenters. The fraction of sp³-hybridized carbons (Fsp3) is 0.538. The Bertz CT molecular complexity index is 416. The highest BCUT2D eigenvalue weighted by Crippen LogP contribution is 2.26. The molecule has 0 atom stereocenters. The molecule has 1 aromatic rings. The van der Waals surface area contributed by atoms with E-state index >= 15 is 0 Å². The number of hydrogen-bond acceptors (Lipinski definition) is 4. The van der Waals surface area contributed by atoms with Crippen LogP contribution in [-0.4, -0.2) is 46.8 Å². The van der Waals surface area contributed by atoms with E-state index in [0.717, 1.165) is 0 Å². The summed E-state index contributed by atoms with van der Waals surface area (Å²) in [4.78, 5) is 0. The maximum Gasteiger partial charge on any atom is 0.203 e. The standard InChI is InChI=1S/C13H16F4O4/c1-18-2-3-19-4-5-20-6-7-21-13-11(16)9(14)8-10(15)12(13)17/h8H,2-7H2,1H3. The number of halogens is 4. The summed E-state index contributed by atoms with van der Waals surface area (Å²) in [6, 6.07) is 0.116. The molecule has 0 amide bonds. The Kier molecular flexibility index (Phi) is 8.03. The fourth-order valence-corrected chi connectivity index (χ4v) is 1.34. The summed E-state index contributed by atoms with van der Waals surface area (Å²) >= 11 is 0. The van der Waals surface area contributed by atoms with E-state index in [1.54, 1.807) is 7.11 Å². The van der Waals surface area contributed by atoms with Crippen molar-refractivity contribution in [1.82, 2.24) is 0 Å². The molecular weight excluding hydrogens is 296 g/mol. The highest BCUT2D eigenvalue weighted by Gasteiger charge is 2.20. The Labute approximate surface area is 119 Å². The second kappa shape index (κ2) is 9.54. The van der Waals surface area contributed by atoms with Gasteiger partial charge in [-0.1, -0.05) is 0 Å². The number of hydrogen-bond donors (Lipinski definition) is 0. The molecule has 0 radical (unpaired) electrons. The van der Waals surface area contributed by atoms with Crippen molar-refractivity contribution in [2.75, 3.05) is 46.8 Å². The number of methoxy groups -OCH3 is 1. The SMILES string of the molecule is COCCOCCOCCOc1c(F)c(F)cc(F)c1F. The average Bonchev–Trinajstić information content (AvgIpc) is 2.46. The van der Waals surface area contributed by atoms with Gasteiger partial charge in [-0.25, -0.2) is 8.78 Å². The lowest BCUT2D eigenvalue weighted by Crippen LogP contribution is -2.13. The average molecular weight is 312 g/mol. The molecular formula is C13H16F4O4. The predicted molar refractivity (Wildman–Crippen MR) is 65.3 cm³/mol. The fourth-order valence-electron chi connectivity index (χ4n) is 1.34. The molecule has 0 aromatic heterocycles. The molecule has 0 saturated heterocycles. The van der Waals surface area contributed by atoms with Gasteiger partial charge in [-0.05, 0) is 0 Å². The molecule has 4 nitrogen and oxygen atoms in total. The molecule has 0 aliphatic rings. The molecule has 120 valence electrons. The molecule has 0 saturated carbocycles. The molecule has 0 spiro atoms. The van der Waals surface area contributed by atoms with Gasteiger partial charge in [0.25, 0.3) is 0 Å². The highest BCUT2D eigenvalue weighted by atomic mass is 19.2. The minimum Gasteiger partial charge on any atom is -0.485 e. The molecule has 0 fully saturated rings. The summed E-state index contributed by atoms with van der Waals surface area (Å²) in [6.07, 6.45) is 0. The summed E-state index contributed by atoms with van der Waals surface area (Å²) in [6.45, 7) is 1.19. The third kappa shape index (κ3) is 5.86. The van der Waals surface area contributed by atoms with Gasteiger partial charge in [0.1, 0.15) is 6.61 Å². The van der Waals surface area contributed by atoms with E-state index < -0.39 is 29.0 Å². The van der Waals surface area contributed by atoms with Crippen LogP contribution in [0, 0.1) is 23.3 Å². The summed E-state index contributed by atoms with van der Waals surface area (Å²) in [5.41, 5.74) is 0. The van der Waals surface area contributed by atoms with E-state index in [0.29, 0.717) is 19.8 Å². The van der Waals surface area contributed by atoms with Gasteiger partial charge in [-0.3, -0.25) is 0 Å². The Balaban J connectivity index is 2.24. The minimum absolute atomic E-state index is 0.00928. The molecule has 0 bridgehead atoms. The third-order valence-electron chi connectivity index (χ3n) is 2.35. The van der Waals surface area contributed by atoms with Gasteiger partial charge >= 0.3 is 0 Å². The van der Waals surface area contributed by atoms with Crippen LogP contribution in [0.3, 0.4) is 0 Å². The van der Waals surface area contributed by atoms with Gasteiger partial charge < -0.3 is 18.9 Å². The van der Waals surface area contributed by atoms with Gasteiger partial charge in [0.2, 0.25) is 11.6 Å². The Morgan fingerprint density at radius 1 is 0.762 bits per heavy atom. The zero-order chi connectivity index (χ0) is 15.7. The lowest BCUT2D eigenvalue weighted by atomic mass is 10.3. The molecule has 0 N–H and O–H groups in total. The van der Waals surface area contributed by atoms with Gasteiger partial charge in [0.05, 0.1) is 33.0 Å². The van der Waals surface area contributed by atoms with Gasteiger partial charge in [-0.15, -0.1) is 0 Å². The van der Waals surface area contributed by atoms with Gasteiger partial charge in [0, 0.05) is 13.2 Å². The van der Waals surface area contributed by atoms with Crippen LogP contribution in [0.2, 0.25) is 0 Å². The van der Waals surface area contributed by atoms with Crippen molar-refractivity contribution in [3.8, 4) is 5.75 Å². The first-order chi connectivity index (χ1) is 10.1. The normalized spacial score (nSPS) is 10.9. The van der Waals surface area contributed by atoms with E-state index in [9.17, 15) is 17.6 Å². The molecule has 1 aromatic carbocycles. The lowest BCUT2D eigenvalue weighted by molar-refractivity contribution is 0.0173. The highest BCUT2D eigenvalue weighted by molar-refractivity contribution is 5.28. The van der Waals surface area contributed by atoms with Crippen LogP contribution in [0.25, 0.3) is 0 Å². The molecule has 1 rings (SSSR count). The largest absolute Gasteiger partial charge is 0.485 e. The van der Waals surface area contributed by atoms with E-state index in [2.05, 4.69) is 4.74 Å². The predicted octanol–water partition coefficient (Wildman–Crippen LogP) is 2.30. The Morgan fingerprint density at radius 3 is 1.76 bits per heavy atom. The minimum atomic E-state index is -1.57. The Morgan fingerprint density at radius 2 is 1.24 bits per heavy atom. The van der Waals surface area contributed by atoms with Crippen molar-refractivity contribution >= 4 is 0 Å². The van der Waals surface area contributed by atoms with Crippen molar-refractivity contribution in [2.24, 2.45) is 0 Å². The Hall–Kier alpha value is -1.38. The number of ether oxygens (including phenoxy) is 4. The van der Waals surface area contributed by atoms with Crippen molar-refractivity contribution in [2.45, 2.75) is 0 Å². The maximum absolute atomic E-state index is 13.2. The van der Waals surface area contributed by atoms with Crippen molar-refractivity contribution in [1.29, 1.82) is 0 Å². The zero-order valence-electron chi connectivity index (χ0n) is 11.5. The first kappa shape index (κ1) is 17.7. The molecule has 0 heterocycles. The molecule has 21 heavy (non-hydrogen) atoms. The number of rotatable bonds is 10. The summed E-state index contributed by atoms with van der Waals surface area (Å²) in [7, 11) is 1.55. The van der Waals surface area contributed by atoms with Crippen molar-refractivity contribution < 1.29 is 36.5 Å². The van der Waals surface area contributed by atoms with Crippen LogP contribution < -0.4 is 4.74 Å². The first-order valence-electron chi connectivity index (χ1n) is 6.18. The lowest BCUT2D eigenvalue weighted by Gasteiger charge is -2.10. The van der Waals surface area contributed by atoms with Crippen molar-refractivity contribution in [3.63, 3.8) is 0 Å². The monoisotopic (exact) mass is 312 g/mol. The first-order valence-corrected chi connectivity index (χ1v) is 6.18. The van der Waals surface area contributed by atoms with E-state index in [1.807, 2.05) is 0 Å². The molecule has 0 aliphatic heterocycles. The van der Waals surface area contributed by atoms with E-state index in [-0.39, 0.29) is 25.9 Å². The van der Waals surface area contributed by atoms with Crippen LogP contribution in [0.4, 0.5) is 17.6 Å². The van der Waals surface area contributed by atoms with Crippen LogP contribution >= 0.6 is 0 Å². The van der Waals surface area contributed by atoms with E-state index in [4.69, 9.17) is 14.2 Å². The molecule has 8 heteroatoms. The van der Waals surface area contributed by atoms with Crippen LogP contribution in [0.15, 0.2) is 6.07 Å². The maximum atomic E-state index is 13.2. The zero-order valence-corrected chi connectivity index (χ0v) is 11.5. The van der Waals surface area contributed by atoms with Crippen LogP contribution in [0.1, 0.15) is 0 Å². The van der Waals surface area contributed by atoms with Crippen molar-refractivity contribution in [3.05, 3.63) is 29.3 Å². The number of benzene rings is 1. The smallest absolute Gasteiger partial charge is 0.203 e.